The zero-order valence-corrected chi connectivity index (χ0v) is 5.26. The quantitative estimate of drug-likeness (QED) is 0.521. The highest BCUT2D eigenvalue weighted by Gasteiger charge is 1.85. The third kappa shape index (κ3) is 1.45. The van der Waals surface area contributed by atoms with E-state index in [2.05, 4.69) is 10.3 Å². The van der Waals surface area contributed by atoms with Crippen molar-refractivity contribution in [3.8, 4) is 0 Å². The Labute approximate surface area is 55.7 Å². The van der Waals surface area contributed by atoms with Gasteiger partial charge in [0.1, 0.15) is 7.85 Å². The SMILES string of the molecule is [B]c1cncc(NC)c1. The Morgan fingerprint density at radius 1 is 1.56 bits per heavy atom. The molecule has 0 bridgehead atoms. The van der Waals surface area contributed by atoms with E-state index in [0.29, 0.717) is 5.46 Å². The van der Waals surface area contributed by atoms with Crippen molar-refractivity contribution in [1.82, 2.24) is 4.98 Å². The first-order valence-corrected chi connectivity index (χ1v) is 2.71. The van der Waals surface area contributed by atoms with Crippen LogP contribution in [0, 0.1) is 0 Å². The molecule has 0 saturated carbocycles. The predicted octanol–water partition coefficient (Wildman–Crippen LogP) is -0.0829. The summed E-state index contributed by atoms with van der Waals surface area (Å²) in [5.74, 6) is 0. The molecule has 2 radical (unpaired) electrons. The van der Waals surface area contributed by atoms with Gasteiger partial charge in [0.25, 0.3) is 0 Å². The zero-order valence-electron chi connectivity index (χ0n) is 5.26. The van der Waals surface area contributed by atoms with E-state index in [-0.39, 0.29) is 0 Å². The van der Waals surface area contributed by atoms with Crippen LogP contribution >= 0.6 is 0 Å². The maximum Gasteiger partial charge on any atom is 0.116 e. The minimum atomic E-state index is 0.682. The highest BCUT2D eigenvalue weighted by Crippen LogP contribution is 1.96. The van der Waals surface area contributed by atoms with Gasteiger partial charge >= 0.3 is 0 Å². The van der Waals surface area contributed by atoms with Gasteiger partial charge in [-0.1, -0.05) is 5.46 Å². The molecular weight excluding hydrogens is 111 g/mol. The van der Waals surface area contributed by atoms with Crippen molar-refractivity contribution in [2.45, 2.75) is 0 Å². The molecule has 2 nitrogen and oxygen atoms in total. The minimum Gasteiger partial charge on any atom is -0.387 e. The Bertz CT molecular complexity index is 200. The maximum atomic E-state index is 5.43. The standard InChI is InChI=1S/C6H7BN2/c1-8-6-2-5(7)3-9-4-6/h2-4,8H,1H3. The van der Waals surface area contributed by atoms with Crippen molar-refractivity contribution >= 4 is 19.0 Å². The van der Waals surface area contributed by atoms with E-state index in [9.17, 15) is 0 Å². The Kier molecular flexibility index (Phi) is 1.73. The first-order chi connectivity index (χ1) is 4.33. The van der Waals surface area contributed by atoms with Crippen molar-refractivity contribution in [2.75, 3.05) is 12.4 Å². The van der Waals surface area contributed by atoms with Crippen LogP contribution in [-0.4, -0.2) is 19.9 Å². The van der Waals surface area contributed by atoms with Gasteiger partial charge in [-0.15, -0.1) is 0 Å². The van der Waals surface area contributed by atoms with E-state index < -0.39 is 0 Å². The Hall–Kier alpha value is -0.985. The van der Waals surface area contributed by atoms with Gasteiger partial charge in [-0.05, 0) is 6.07 Å². The first-order valence-electron chi connectivity index (χ1n) is 2.71. The number of pyridine rings is 1. The van der Waals surface area contributed by atoms with Crippen LogP contribution in [0.25, 0.3) is 0 Å². The summed E-state index contributed by atoms with van der Waals surface area (Å²) in [6.07, 6.45) is 3.33. The summed E-state index contributed by atoms with van der Waals surface area (Å²) in [4.78, 5) is 3.87. The van der Waals surface area contributed by atoms with Crippen LogP contribution in [0.2, 0.25) is 0 Å². The molecule has 0 unspecified atom stereocenters. The summed E-state index contributed by atoms with van der Waals surface area (Å²) in [6.45, 7) is 0. The van der Waals surface area contributed by atoms with Crippen LogP contribution in [0.3, 0.4) is 0 Å². The minimum absolute atomic E-state index is 0.682. The van der Waals surface area contributed by atoms with E-state index >= 15 is 0 Å². The maximum absolute atomic E-state index is 5.43. The van der Waals surface area contributed by atoms with E-state index in [1.54, 1.807) is 12.4 Å². The van der Waals surface area contributed by atoms with Gasteiger partial charge in [0, 0.05) is 19.4 Å². The van der Waals surface area contributed by atoms with Crippen LogP contribution < -0.4 is 10.8 Å². The number of anilines is 1. The second-order valence-electron chi connectivity index (χ2n) is 1.76. The zero-order chi connectivity index (χ0) is 6.69. The van der Waals surface area contributed by atoms with Gasteiger partial charge < -0.3 is 5.32 Å². The normalized spacial score (nSPS) is 9.00. The van der Waals surface area contributed by atoms with Crippen molar-refractivity contribution in [1.29, 1.82) is 0 Å². The highest BCUT2D eigenvalue weighted by atomic mass is 14.8. The highest BCUT2D eigenvalue weighted by molar-refractivity contribution is 6.32. The second kappa shape index (κ2) is 2.53. The molecule has 0 aliphatic rings. The first kappa shape index (κ1) is 6.14. The predicted molar refractivity (Wildman–Crippen MR) is 39.2 cm³/mol. The molecule has 0 saturated heterocycles. The summed E-state index contributed by atoms with van der Waals surface area (Å²) < 4.78 is 0. The number of rotatable bonds is 1. The van der Waals surface area contributed by atoms with Crippen LogP contribution in [0.5, 0.6) is 0 Å². The van der Waals surface area contributed by atoms with Crippen molar-refractivity contribution in [3.05, 3.63) is 18.5 Å². The number of aromatic nitrogens is 1. The van der Waals surface area contributed by atoms with Crippen LogP contribution in [0.4, 0.5) is 5.69 Å². The lowest BCUT2D eigenvalue weighted by Crippen LogP contribution is -2.03. The lowest BCUT2D eigenvalue weighted by molar-refractivity contribution is 1.33. The molecule has 1 aromatic rings. The molecule has 1 rings (SSSR count). The molecule has 0 aliphatic heterocycles. The third-order valence-electron chi connectivity index (χ3n) is 1.05. The van der Waals surface area contributed by atoms with Gasteiger partial charge in [-0.25, -0.2) is 0 Å². The van der Waals surface area contributed by atoms with Gasteiger partial charge in [-0.2, -0.15) is 0 Å². The number of hydrogen-bond donors (Lipinski definition) is 1. The number of hydrogen-bond acceptors (Lipinski definition) is 2. The van der Waals surface area contributed by atoms with Gasteiger partial charge in [-0.3, -0.25) is 4.98 Å². The molecule has 44 valence electrons. The number of nitrogens with zero attached hydrogens (tertiary/aromatic N) is 1. The number of nitrogens with one attached hydrogen (secondary N) is 1. The van der Waals surface area contributed by atoms with E-state index in [1.807, 2.05) is 13.1 Å². The Balaban J connectivity index is 2.94. The fourth-order valence-electron chi connectivity index (χ4n) is 0.594. The average Bonchev–Trinajstić information content (AvgIpc) is 1.88. The topological polar surface area (TPSA) is 24.9 Å². The lowest BCUT2D eigenvalue weighted by atomic mass is 9.99. The molecule has 0 fully saturated rings. The monoisotopic (exact) mass is 118 g/mol. The molecule has 1 N–H and O–H groups in total. The smallest absolute Gasteiger partial charge is 0.116 e. The Morgan fingerprint density at radius 3 is 2.78 bits per heavy atom. The molecular formula is C6H7BN2. The molecule has 9 heavy (non-hydrogen) atoms. The molecule has 0 aliphatic carbocycles. The van der Waals surface area contributed by atoms with Gasteiger partial charge in [0.05, 0.1) is 5.69 Å². The lowest BCUT2D eigenvalue weighted by Gasteiger charge is -1.97. The van der Waals surface area contributed by atoms with Gasteiger partial charge in [0.2, 0.25) is 0 Å². The van der Waals surface area contributed by atoms with Crippen molar-refractivity contribution < 1.29 is 0 Å². The molecule has 0 amide bonds. The molecule has 1 heterocycles. The molecule has 1 aromatic heterocycles. The summed E-state index contributed by atoms with van der Waals surface area (Å²) in [7, 11) is 7.26. The van der Waals surface area contributed by atoms with E-state index in [4.69, 9.17) is 7.85 Å². The third-order valence-corrected chi connectivity index (χ3v) is 1.05. The van der Waals surface area contributed by atoms with Crippen molar-refractivity contribution in [2.24, 2.45) is 0 Å². The van der Waals surface area contributed by atoms with Crippen molar-refractivity contribution in [3.63, 3.8) is 0 Å². The molecule has 0 atom stereocenters. The largest absolute Gasteiger partial charge is 0.387 e. The van der Waals surface area contributed by atoms with E-state index in [1.165, 1.54) is 0 Å². The van der Waals surface area contributed by atoms with Crippen LogP contribution in [0.15, 0.2) is 18.5 Å². The summed E-state index contributed by atoms with van der Waals surface area (Å²) in [6, 6.07) is 1.83. The van der Waals surface area contributed by atoms with Crippen LogP contribution in [-0.2, 0) is 0 Å². The van der Waals surface area contributed by atoms with E-state index in [0.717, 1.165) is 5.69 Å². The fourth-order valence-corrected chi connectivity index (χ4v) is 0.594. The summed E-state index contributed by atoms with van der Waals surface area (Å²) in [5, 5.41) is 2.93. The molecule has 0 spiro atoms. The average molecular weight is 118 g/mol. The second-order valence-corrected chi connectivity index (χ2v) is 1.76. The summed E-state index contributed by atoms with van der Waals surface area (Å²) in [5.41, 5.74) is 1.62. The van der Waals surface area contributed by atoms with Crippen LogP contribution in [0.1, 0.15) is 0 Å². The Morgan fingerprint density at radius 2 is 2.33 bits per heavy atom. The van der Waals surface area contributed by atoms with Gasteiger partial charge in [0.15, 0.2) is 0 Å². The summed E-state index contributed by atoms with van der Waals surface area (Å²) >= 11 is 0. The molecule has 0 aromatic carbocycles. The molecule has 3 heteroatoms. The fraction of sp³-hybridized carbons (Fsp3) is 0.167.